The van der Waals surface area contributed by atoms with E-state index in [4.69, 9.17) is 4.74 Å². The van der Waals surface area contributed by atoms with E-state index in [9.17, 15) is 4.79 Å². The zero-order valence-electron chi connectivity index (χ0n) is 11.1. The van der Waals surface area contributed by atoms with E-state index < -0.39 is 0 Å². The topological polar surface area (TPSA) is 38.3 Å². The third kappa shape index (κ3) is 3.35. The first kappa shape index (κ1) is 13.1. The van der Waals surface area contributed by atoms with Crippen molar-refractivity contribution in [3.05, 3.63) is 65.7 Å². The molecule has 0 saturated heterocycles. The molecule has 0 aliphatic rings. The third-order valence-electron chi connectivity index (χ3n) is 3.00. The first-order valence-electron chi connectivity index (χ1n) is 6.20. The number of hydrogen-bond donors (Lipinski definition) is 1. The Balaban J connectivity index is 2.04. The number of amides is 1. The standard InChI is InChI=1S/C16H17NO2/c1-12(13-6-4-3-5-7-13)17-16(18)14-8-10-15(19-2)11-9-14/h3-12H,1-2H3,(H,17,18)/t12-/m1/s1. The molecule has 3 heteroatoms. The number of rotatable bonds is 4. The Hall–Kier alpha value is -2.29. The number of methoxy groups -OCH3 is 1. The molecule has 0 aliphatic heterocycles. The number of nitrogens with one attached hydrogen (secondary N) is 1. The highest BCUT2D eigenvalue weighted by Crippen LogP contribution is 2.14. The molecule has 0 fully saturated rings. The number of ether oxygens (including phenoxy) is 1. The predicted octanol–water partition coefficient (Wildman–Crippen LogP) is 3.19. The lowest BCUT2D eigenvalue weighted by atomic mass is 10.1. The van der Waals surface area contributed by atoms with E-state index in [1.165, 1.54) is 0 Å². The van der Waals surface area contributed by atoms with Crippen LogP contribution in [0.2, 0.25) is 0 Å². The summed E-state index contributed by atoms with van der Waals surface area (Å²) in [4.78, 5) is 12.1. The monoisotopic (exact) mass is 255 g/mol. The Morgan fingerprint density at radius 1 is 1.05 bits per heavy atom. The Morgan fingerprint density at radius 2 is 1.68 bits per heavy atom. The average molecular weight is 255 g/mol. The molecule has 1 atom stereocenters. The first-order valence-corrected chi connectivity index (χ1v) is 6.20. The SMILES string of the molecule is COc1ccc(C(=O)N[C@H](C)c2ccccc2)cc1. The number of benzene rings is 2. The van der Waals surface area contributed by atoms with Crippen molar-refractivity contribution >= 4 is 5.91 Å². The van der Waals surface area contributed by atoms with E-state index in [2.05, 4.69) is 5.32 Å². The minimum atomic E-state index is -0.0843. The maximum absolute atomic E-state index is 12.1. The van der Waals surface area contributed by atoms with E-state index in [0.29, 0.717) is 5.56 Å². The van der Waals surface area contributed by atoms with Crippen molar-refractivity contribution in [1.82, 2.24) is 5.32 Å². The van der Waals surface area contributed by atoms with Crippen LogP contribution in [0.4, 0.5) is 0 Å². The van der Waals surface area contributed by atoms with Gasteiger partial charge in [0, 0.05) is 5.56 Å². The Morgan fingerprint density at radius 3 is 2.26 bits per heavy atom. The van der Waals surface area contributed by atoms with Crippen molar-refractivity contribution < 1.29 is 9.53 Å². The molecule has 2 aromatic rings. The predicted molar refractivity (Wildman–Crippen MR) is 75.3 cm³/mol. The number of carbonyl (C=O) groups excluding carboxylic acids is 1. The quantitative estimate of drug-likeness (QED) is 0.911. The van der Waals surface area contributed by atoms with Crippen LogP contribution in [0.3, 0.4) is 0 Å². The summed E-state index contributed by atoms with van der Waals surface area (Å²) in [7, 11) is 1.60. The van der Waals surface area contributed by atoms with Crippen LogP contribution in [0.5, 0.6) is 5.75 Å². The van der Waals surface area contributed by atoms with Gasteiger partial charge in [0.2, 0.25) is 0 Å². The van der Waals surface area contributed by atoms with Crippen LogP contribution in [0.15, 0.2) is 54.6 Å². The molecule has 98 valence electrons. The molecule has 3 nitrogen and oxygen atoms in total. The van der Waals surface area contributed by atoms with Gasteiger partial charge < -0.3 is 10.1 Å². The van der Waals surface area contributed by atoms with Gasteiger partial charge in [0.15, 0.2) is 0 Å². The number of carbonyl (C=O) groups is 1. The molecule has 0 aliphatic carbocycles. The number of hydrogen-bond acceptors (Lipinski definition) is 2. The van der Waals surface area contributed by atoms with Gasteiger partial charge in [0.25, 0.3) is 5.91 Å². The van der Waals surface area contributed by atoms with Crippen LogP contribution in [0.1, 0.15) is 28.9 Å². The molecule has 1 N–H and O–H groups in total. The highest BCUT2D eigenvalue weighted by molar-refractivity contribution is 5.94. The molecule has 0 bridgehead atoms. The Labute approximate surface area is 113 Å². The molecule has 0 radical (unpaired) electrons. The van der Waals surface area contributed by atoms with E-state index in [-0.39, 0.29) is 11.9 Å². The fourth-order valence-electron chi connectivity index (χ4n) is 1.85. The smallest absolute Gasteiger partial charge is 0.251 e. The van der Waals surface area contributed by atoms with Gasteiger partial charge in [-0.25, -0.2) is 0 Å². The normalized spacial score (nSPS) is 11.7. The van der Waals surface area contributed by atoms with Gasteiger partial charge in [-0.05, 0) is 36.8 Å². The highest BCUT2D eigenvalue weighted by Gasteiger charge is 2.10. The highest BCUT2D eigenvalue weighted by atomic mass is 16.5. The van der Waals surface area contributed by atoms with Crippen molar-refractivity contribution in [3.8, 4) is 5.75 Å². The summed E-state index contributed by atoms with van der Waals surface area (Å²) in [6, 6.07) is 16.9. The minimum absolute atomic E-state index is 0.0178. The second kappa shape index (κ2) is 6.05. The molecule has 2 aromatic carbocycles. The van der Waals surface area contributed by atoms with E-state index in [1.807, 2.05) is 37.3 Å². The molecular weight excluding hydrogens is 238 g/mol. The van der Waals surface area contributed by atoms with Gasteiger partial charge in [-0.2, -0.15) is 0 Å². The zero-order valence-corrected chi connectivity index (χ0v) is 11.1. The van der Waals surface area contributed by atoms with Crippen LogP contribution in [-0.4, -0.2) is 13.0 Å². The molecule has 0 heterocycles. The van der Waals surface area contributed by atoms with Crippen LogP contribution in [0.25, 0.3) is 0 Å². The molecule has 0 unspecified atom stereocenters. The van der Waals surface area contributed by atoms with Gasteiger partial charge in [0.05, 0.1) is 13.2 Å². The molecule has 1 amide bonds. The van der Waals surface area contributed by atoms with Crippen molar-refractivity contribution in [3.63, 3.8) is 0 Å². The molecule has 0 spiro atoms. The maximum Gasteiger partial charge on any atom is 0.251 e. The van der Waals surface area contributed by atoms with Crippen LogP contribution >= 0.6 is 0 Å². The fourth-order valence-corrected chi connectivity index (χ4v) is 1.85. The first-order chi connectivity index (χ1) is 9.20. The van der Waals surface area contributed by atoms with Gasteiger partial charge in [-0.15, -0.1) is 0 Å². The largest absolute Gasteiger partial charge is 0.497 e. The van der Waals surface area contributed by atoms with Crippen molar-refractivity contribution in [2.24, 2.45) is 0 Å². The van der Waals surface area contributed by atoms with Crippen molar-refractivity contribution in [1.29, 1.82) is 0 Å². The maximum atomic E-state index is 12.1. The van der Waals surface area contributed by atoms with Crippen molar-refractivity contribution in [2.75, 3.05) is 7.11 Å². The minimum Gasteiger partial charge on any atom is -0.497 e. The van der Waals surface area contributed by atoms with E-state index in [0.717, 1.165) is 11.3 Å². The summed E-state index contributed by atoms with van der Waals surface area (Å²) in [6.45, 7) is 1.97. The summed E-state index contributed by atoms with van der Waals surface area (Å²) in [5, 5.41) is 2.97. The lowest BCUT2D eigenvalue weighted by molar-refractivity contribution is 0.0940. The van der Waals surface area contributed by atoms with Crippen LogP contribution in [0, 0.1) is 0 Å². The third-order valence-corrected chi connectivity index (χ3v) is 3.00. The van der Waals surface area contributed by atoms with Gasteiger partial charge >= 0.3 is 0 Å². The Kier molecular flexibility index (Phi) is 4.18. The summed E-state index contributed by atoms with van der Waals surface area (Å²) in [5.74, 6) is 0.659. The van der Waals surface area contributed by atoms with Gasteiger partial charge in [0.1, 0.15) is 5.75 Å². The Bertz CT molecular complexity index is 534. The van der Waals surface area contributed by atoms with Crippen molar-refractivity contribution in [2.45, 2.75) is 13.0 Å². The molecule has 19 heavy (non-hydrogen) atoms. The molecular formula is C16H17NO2. The molecule has 0 aromatic heterocycles. The molecule has 0 saturated carbocycles. The molecule has 2 rings (SSSR count). The van der Waals surface area contributed by atoms with Gasteiger partial charge in [-0.1, -0.05) is 30.3 Å². The summed E-state index contributed by atoms with van der Waals surface area (Å²) < 4.78 is 5.07. The van der Waals surface area contributed by atoms with Gasteiger partial charge in [-0.3, -0.25) is 4.79 Å². The fraction of sp³-hybridized carbons (Fsp3) is 0.188. The summed E-state index contributed by atoms with van der Waals surface area (Å²) >= 11 is 0. The van der Waals surface area contributed by atoms with E-state index in [1.54, 1.807) is 31.4 Å². The zero-order chi connectivity index (χ0) is 13.7. The average Bonchev–Trinajstić information content (AvgIpc) is 2.48. The second-order valence-electron chi connectivity index (χ2n) is 4.33. The second-order valence-corrected chi connectivity index (χ2v) is 4.33. The lowest BCUT2D eigenvalue weighted by Crippen LogP contribution is -2.26. The summed E-state index contributed by atoms with van der Waals surface area (Å²) in [6.07, 6.45) is 0. The summed E-state index contributed by atoms with van der Waals surface area (Å²) in [5.41, 5.74) is 1.72. The van der Waals surface area contributed by atoms with E-state index >= 15 is 0 Å². The van der Waals surface area contributed by atoms with Crippen LogP contribution < -0.4 is 10.1 Å². The van der Waals surface area contributed by atoms with Crippen LogP contribution in [-0.2, 0) is 0 Å². The lowest BCUT2D eigenvalue weighted by Gasteiger charge is -2.14.